The van der Waals surface area contributed by atoms with E-state index in [0.29, 0.717) is 0 Å². The summed E-state index contributed by atoms with van der Waals surface area (Å²) in [6.45, 7) is 3.75. The van der Waals surface area contributed by atoms with E-state index in [1.54, 1.807) is 0 Å². The molecule has 2 fully saturated rings. The van der Waals surface area contributed by atoms with Gasteiger partial charge in [0.25, 0.3) is 0 Å². The molecule has 70 valence electrons. The smallest absolute Gasteiger partial charge is 0.00667 e. The van der Waals surface area contributed by atoms with E-state index in [-0.39, 0.29) is 0 Å². The fraction of sp³-hybridized carbons (Fsp3) is 1.00. The molecule has 12 heavy (non-hydrogen) atoms. The highest BCUT2D eigenvalue weighted by Crippen LogP contribution is 2.37. The summed E-state index contributed by atoms with van der Waals surface area (Å²) >= 11 is 0. The Balaban J connectivity index is 1.98. The van der Waals surface area contributed by atoms with Crippen molar-refractivity contribution in [2.45, 2.75) is 45.1 Å². The number of likely N-dealkylation sites (tertiary alicyclic amines) is 1. The Labute approximate surface area is 76.1 Å². The third kappa shape index (κ3) is 1.52. The fourth-order valence-electron chi connectivity index (χ4n) is 3.00. The summed E-state index contributed by atoms with van der Waals surface area (Å²) in [4.78, 5) is 2.55. The highest BCUT2D eigenvalue weighted by atomic mass is 15.1. The molecule has 1 saturated carbocycles. The first-order valence-electron chi connectivity index (χ1n) is 5.47. The van der Waals surface area contributed by atoms with Crippen molar-refractivity contribution in [3.63, 3.8) is 0 Å². The van der Waals surface area contributed by atoms with Gasteiger partial charge in [0.05, 0.1) is 0 Å². The third-order valence-corrected chi connectivity index (χ3v) is 3.99. The van der Waals surface area contributed by atoms with E-state index >= 15 is 0 Å². The molecule has 1 saturated heterocycles. The van der Waals surface area contributed by atoms with E-state index in [4.69, 9.17) is 0 Å². The highest BCUT2D eigenvalue weighted by molar-refractivity contribution is 4.85. The van der Waals surface area contributed by atoms with Crippen LogP contribution in [-0.2, 0) is 0 Å². The number of nitrogens with zero attached hydrogens (tertiary/aromatic N) is 1. The van der Waals surface area contributed by atoms with Crippen LogP contribution in [0.1, 0.15) is 39.0 Å². The second-order valence-corrected chi connectivity index (χ2v) is 4.83. The van der Waals surface area contributed by atoms with Gasteiger partial charge < -0.3 is 4.90 Å². The monoisotopic (exact) mass is 167 g/mol. The molecule has 1 nitrogen and oxygen atoms in total. The number of hydrogen-bond acceptors (Lipinski definition) is 1. The van der Waals surface area contributed by atoms with Crippen LogP contribution in [0.4, 0.5) is 0 Å². The Hall–Kier alpha value is -0.0400. The molecule has 1 heteroatoms. The van der Waals surface area contributed by atoms with Gasteiger partial charge in [-0.2, -0.15) is 0 Å². The van der Waals surface area contributed by atoms with E-state index in [1.807, 2.05) is 0 Å². The van der Waals surface area contributed by atoms with Crippen LogP contribution >= 0.6 is 0 Å². The summed E-state index contributed by atoms with van der Waals surface area (Å²) in [6.07, 6.45) is 7.47. The number of fused-ring (bicyclic) bond motifs is 1. The molecule has 0 aromatic heterocycles. The SMILES string of the molecule is C[C@@H]1CC2CCCCC2CN1C. The number of piperidine rings is 1. The van der Waals surface area contributed by atoms with Crippen LogP contribution in [0.15, 0.2) is 0 Å². The zero-order valence-corrected chi connectivity index (χ0v) is 8.42. The summed E-state index contributed by atoms with van der Waals surface area (Å²) in [6, 6.07) is 0.837. The number of hydrogen-bond donors (Lipinski definition) is 0. The molecule has 0 aromatic carbocycles. The van der Waals surface area contributed by atoms with Crippen molar-refractivity contribution in [1.82, 2.24) is 4.90 Å². The van der Waals surface area contributed by atoms with Gasteiger partial charge in [0.15, 0.2) is 0 Å². The van der Waals surface area contributed by atoms with Gasteiger partial charge in [-0.3, -0.25) is 0 Å². The van der Waals surface area contributed by atoms with Crippen molar-refractivity contribution in [2.75, 3.05) is 13.6 Å². The summed E-state index contributed by atoms with van der Waals surface area (Å²) in [7, 11) is 2.29. The molecule has 3 atom stereocenters. The van der Waals surface area contributed by atoms with Crippen LogP contribution in [0.3, 0.4) is 0 Å². The lowest BCUT2D eigenvalue weighted by atomic mass is 9.73. The molecule has 2 rings (SSSR count). The van der Waals surface area contributed by atoms with Gasteiger partial charge in [0.2, 0.25) is 0 Å². The third-order valence-electron chi connectivity index (χ3n) is 3.99. The predicted octanol–water partition coefficient (Wildman–Crippen LogP) is 2.52. The van der Waals surface area contributed by atoms with Gasteiger partial charge in [0.1, 0.15) is 0 Å². The Kier molecular flexibility index (Phi) is 2.40. The molecular formula is C11H21N. The van der Waals surface area contributed by atoms with Crippen molar-refractivity contribution in [3.05, 3.63) is 0 Å². The molecule has 0 amide bonds. The van der Waals surface area contributed by atoms with E-state index in [1.165, 1.54) is 38.6 Å². The van der Waals surface area contributed by atoms with E-state index in [9.17, 15) is 0 Å². The van der Waals surface area contributed by atoms with Crippen LogP contribution in [0.5, 0.6) is 0 Å². The molecule has 1 heterocycles. The van der Waals surface area contributed by atoms with Gasteiger partial charge in [-0.15, -0.1) is 0 Å². The standard InChI is InChI=1S/C11H21N/c1-9-7-10-5-3-4-6-11(10)8-12(9)2/h9-11H,3-8H2,1-2H3/t9-,10?,11?/m1/s1. The normalized spacial score (nSPS) is 44.0. The minimum absolute atomic E-state index is 0.837. The topological polar surface area (TPSA) is 3.24 Å². The fourth-order valence-corrected chi connectivity index (χ4v) is 3.00. The summed E-state index contributed by atoms with van der Waals surface area (Å²) < 4.78 is 0. The van der Waals surface area contributed by atoms with Crippen molar-refractivity contribution in [2.24, 2.45) is 11.8 Å². The highest BCUT2D eigenvalue weighted by Gasteiger charge is 2.32. The van der Waals surface area contributed by atoms with Crippen molar-refractivity contribution in [1.29, 1.82) is 0 Å². The van der Waals surface area contributed by atoms with E-state index in [0.717, 1.165) is 17.9 Å². The Morgan fingerprint density at radius 3 is 2.50 bits per heavy atom. The Morgan fingerprint density at radius 1 is 1.08 bits per heavy atom. The van der Waals surface area contributed by atoms with Gasteiger partial charge in [-0.25, -0.2) is 0 Å². The maximum atomic E-state index is 2.55. The van der Waals surface area contributed by atoms with Crippen LogP contribution in [-0.4, -0.2) is 24.5 Å². The maximum Gasteiger partial charge on any atom is 0.00667 e. The molecule has 0 bridgehead atoms. The molecule has 1 aliphatic carbocycles. The van der Waals surface area contributed by atoms with Crippen LogP contribution < -0.4 is 0 Å². The number of rotatable bonds is 0. The van der Waals surface area contributed by atoms with Crippen LogP contribution in [0, 0.1) is 11.8 Å². The van der Waals surface area contributed by atoms with Crippen molar-refractivity contribution < 1.29 is 0 Å². The lowest BCUT2D eigenvalue weighted by Crippen LogP contribution is -2.44. The summed E-state index contributed by atoms with van der Waals surface area (Å²) in [5, 5.41) is 0. The molecule has 0 aromatic rings. The molecule has 1 aliphatic heterocycles. The molecule has 0 N–H and O–H groups in total. The second-order valence-electron chi connectivity index (χ2n) is 4.83. The lowest BCUT2D eigenvalue weighted by Gasteiger charge is -2.43. The van der Waals surface area contributed by atoms with Crippen molar-refractivity contribution in [3.8, 4) is 0 Å². The minimum Gasteiger partial charge on any atom is -0.303 e. The van der Waals surface area contributed by atoms with Gasteiger partial charge in [-0.1, -0.05) is 19.3 Å². The van der Waals surface area contributed by atoms with E-state index in [2.05, 4.69) is 18.9 Å². The van der Waals surface area contributed by atoms with E-state index < -0.39 is 0 Å². The molecule has 2 aliphatic rings. The average molecular weight is 167 g/mol. The summed E-state index contributed by atoms with van der Waals surface area (Å²) in [5.74, 6) is 2.12. The zero-order valence-electron chi connectivity index (χ0n) is 8.42. The second kappa shape index (κ2) is 3.37. The average Bonchev–Trinajstić information content (AvgIpc) is 2.07. The Bertz CT molecular complexity index is 137. The lowest BCUT2D eigenvalue weighted by molar-refractivity contribution is 0.0650. The molecule has 0 spiro atoms. The quantitative estimate of drug-likeness (QED) is 0.536. The van der Waals surface area contributed by atoms with Gasteiger partial charge in [0, 0.05) is 12.6 Å². The maximum absolute atomic E-state index is 2.55. The molecular weight excluding hydrogens is 146 g/mol. The largest absolute Gasteiger partial charge is 0.303 e. The first-order valence-corrected chi connectivity index (χ1v) is 5.47. The van der Waals surface area contributed by atoms with Crippen LogP contribution in [0.2, 0.25) is 0 Å². The van der Waals surface area contributed by atoms with Crippen molar-refractivity contribution >= 4 is 0 Å². The Morgan fingerprint density at radius 2 is 1.75 bits per heavy atom. The first kappa shape index (κ1) is 8.55. The van der Waals surface area contributed by atoms with Gasteiger partial charge in [-0.05, 0) is 38.6 Å². The van der Waals surface area contributed by atoms with Crippen LogP contribution in [0.25, 0.3) is 0 Å². The van der Waals surface area contributed by atoms with Gasteiger partial charge >= 0.3 is 0 Å². The molecule has 2 unspecified atom stereocenters. The zero-order chi connectivity index (χ0) is 8.55. The minimum atomic E-state index is 0.837. The first-order chi connectivity index (χ1) is 5.77. The molecule has 0 radical (unpaired) electrons. The summed E-state index contributed by atoms with van der Waals surface area (Å²) in [5.41, 5.74) is 0. The predicted molar refractivity (Wildman–Crippen MR) is 52.2 cm³/mol.